The number of carboxylic acids is 1. The first-order valence-electron chi connectivity index (χ1n) is 5.46. The lowest BCUT2D eigenvalue weighted by molar-refractivity contribution is -0.147. The highest BCUT2D eigenvalue weighted by molar-refractivity contribution is 7.91. The van der Waals surface area contributed by atoms with E-state index in [9.17, 15) is 13.2 Å². The first-order valence-corrected chi connectivity index (χ1v) is 7.17. The van der Waals surface area contributed by atoms with E-state index in [0.717, 1.165) is 0 Å². The average molecular weight is 249 g/mol. The summed E-state index contributed by atoms with van der Waals surface area (Å²) in [4.78, 5) is 11.2. The van der Waals surface area contributed by atoms with Crippen molar-refractivity contribution in [2.75, 3.05) is 18.8 Å². The first kappa shape index (κ1) is 13.4. The van der Waals surface area contributed by atoms with Crippen molar-refractivity contribution in [3.63, 3.8) is 0 Å². The van der Waals surface area contributed by atoms with Gasteiger partial charge in [-0.1, -0.05) is 0 Å². The van der Waals surface area contributed by atoms with Gasteiger partial charge in [-0.2, -0.15) is 0 Å². The second-order valence-electron chi connectivity index (χ2n) is 4.68. The van der Waals surface area contributed by atoms with Crippen molar-refractivity contribution >= 4 is 15.8 Å². The molecule has 1 aliphatic heterocycles. The van der Waals surface area contributed by atoms with Crippen LogP contribution in [-0.4, -0.2) is 43.6 Å². The van der Waals surface area contributed by atoms with Gasteiger partial charge in [0.15, 0.2) is 9.84 Å². The zero-order valence-electron chi connectivity index (χ0n) is 9.69. The fourth-order valence-electron chi connectivity index (χ4n) is 1.82. The predicted octanol–water partition coefficient (Wildman–Crippen LogP) is 0.264. The summed E-state index contributed by atoms with van der Waals surface area (Å²) in [5, 5.41) is 11.7. The Morgan fingerprint density at radius 3 is 2.50 bits per heavy atom. The molecule has 1 heterocycles. The molecule has 94 valence electrons. The lowest BCUT2D eigenvalue weighted by Crippen LogP contribution is -2.36. The van der Waals surface area contributed by atoms with Crippen molar-refractivity contribution in [2.24, 2.45) is 5.41 Å². The number of hydrogen-bond donors (Lipinski definition) is 2. The van der Waals surface area contributed by atoms with Crippen LogP contribution >= 0.6 is 0 Å². The maximum atomic E-state index is 11.6. The van der Waals surface area contributed by atoms with Crippen molar-refractivity contribution in [1.29, 1.82) is 0 Å². The van der Waals surface area contributed by atoms with E-state index in [2.05, 4.69) is 5.32 Å². The van der Waals surface area contributed by atoms with Gasteiger partial charge in [0.25, 0.3) is 0 Å². The number of carbonyl (C=O) groups is 1. The van der Waals surface area contributed by atoms with Crippen LogP contribution in [0.15, 0.2) is 0 Å². The largest absolute Gasteiger partial charge is 0.481 e. The van der Waals surface area contributed by atoms with Gasteiger partial charge in [0.05, 0.1) is 16.4 Å². The molecule has 0 aromatic rings. The summed E-state index contributed by atoms with van der Waals surface area (Å²) in [6.45, 7) is 4.26. The summed E-state index contributed by atoms with van der Waals surface area (Å²) < 4.78 is 23.3. The van der Waals surface area contributed by atoms with Crippen LogP contribution in [0, 0.1) is 5.41 Å². The van der Waals surface area contributed by atoms with Gasteiger partial charge in [-0.3, -0.25) is 4.79 Å². The fourth-order valence-corrected chi connectivity index (χ4v) is 2.97. The van der Waals surface area contributed by atoms with E-state index in [-0.39, 0.29) is 12.2 Å². The van der Waals surface area contributed by atoms with Gasteiger partial charge in [-0.05, 0) is 33.2 Å². The van der Waals surface area contributed by atoms with E-state index >= 15 is 0 Å². The van der Waals surface area contributed by atoms with Crippen molar-refractivity contribution in [3.05, 3.63) is 0 Å². The molecule has 1 fully saturated rings. The van der Waals surface area contributed by atoms with Crippen LogP contribution < -0.4 is 5.32 Å². The quantitative estimate of drug-likeness (QED) is 0.730. The summed E-state index contributed by atoms with van der Waals surface area (Å²) in [6.07, 6.45) is 0.714. The van der Waals surface area contributed by atoms with E-state index in [1.54, 1.807) is 13.8 Å². The molecular formula is C10H19NO4S. The smallest absolute Gasteiger partial charge is 0.311 e. The van der Waals surface area contributed by atoms with E-state index in [0.29, 0.717) is 19.5 Å². The van der Waals surface area contributed by atoms with Crippen molar-refractivity contribution in [3.8, 4) is 0 Å². The lowest BCUT2D eigenvalue weighted by Gasteiger charge is -2.23. The standard InChI is InChI=1S/C10H19NO4S/c1-8(2)16(14,15)6-4-10(9(12)13)3-5-11-7-10/h8,11H,3-7H2,1-2H3,(H,12,13). The van der Waals surface area contributed by atoms with E-state index in [4.69, 9.17) is 5.11 Å². The molecule has 0 aromatic carbocycles. The molecular weight excluding hydrogens is 230 g/mol. The third kappa shape index (κ3) is 2.74. The normalized spacial score (nSPS) is 26.2. The Balaban J connectivity index is 2.69. The van der Waals surface area contributed by atoms with Crippen LogP contribution in [0.4, 0.5) is 0 Å². The highest BCUT2D eigenvalue weighted by Gasteiger charge is 2.42. The molecule has 0 amide bonds. The molecule has 1 unspecified atom stereocenters. The van der Waals surface area contributed by atoms with Crippen LogP contribution in [0.5, 0.6) is 0 Å². The molecule has 0 bridgehead atoms. The summed E-state index contributed by atoms with van der Waals surface area (Å²) >= 11 is 0. The number of aliphatic carboxylic acids is 1. The third-order valence-corrected chi connectivity index (χ3v) is 5.49. The number of hydrogen-bond acceptors (Lipinski definition) is 4. The molecule has 0 aromatic heterocycles. The SMILES string of the molecule is CC(C)S(=O)(=O)CCC1(C(=O)O)CCNC1. The molecule has 0 aliphatic carbocycles. The molecule has 0 radical (unpaired) electrons. The van der Waals surface area contributed by atoms with Crippen molar-refractivity contribution in [2.45, 2.75) is 31.9 Å². The maximum Gasteiger partial charge on any atom is 0.311 e. The Hall–Kier alpha value is -0.620. The van der Waals surface area contributed by atoms with E-state index in [1.165, 1.54) is 0 Å². The van der Waals surface area contributed by atoms with Crippen LogP contribution in [-0.2, 0) is 14.6 Å². The minimum absolute atomic E-state index is 0.0430. The van der Waals surface area contributed by atoms with Gasteiger partial charge < -0.3 is 10.4 Å². The highest BCUT2D eigenvalue weighted by Crippen LogP contribution is 2.30. The molecule has 1 atom stereocenters. The Bertz CT molecular complexity index is 355. The number of carboxylic acid groups (broad SMARTS) is 1. The number of sulfone groups is 1. The topological polar surface area (TPSA) is 83.5 Å². The molecule has 5 nitrogen and oxygen atoms in total. The van der Waals surface area contributed by atoms with Crippen molar-refractivity contribution < 1.29 is 18.3 Å². The monoisotopic (exact) mass is 249 g/mol. The molecule has 6 heteroatoms. The summed E-state index contributed by atoms with van der Waals surface area (Å²) in [5.74, 6) is -0.935. The zero-order valence-corrected chi connectivity index (χ0v) is 10.5. The van der Waals surface area contributed by atoms with Gasteiger partial charge in [-0.25, -0.2) is 8.42 Å². The number of rotatable bonds is 5. The second kappa shape index (κ2) is 4.71. The maximum absolute atomic E-state index is 11.6. The van der Waals surface area contributed by atoms with E-state index < -0.39 is 26.5 Å². The van der Waals surface area contributed by atoms with Crippen molar-refractivity contribution in [1.82, 2.24) is 5.32 Å². The first-order chi connectivity index (χ1) is 7.30. The van der Waals surface area contributed by atoms with Crippen LogP contribution in [0.3, 0.4) is 0 Å². The Labute approximate surface area is 96.1 Å². The van der Waals surface area contributed by atoms with Crippen LogP contribution in [0.2, 0.25) is 0 Å². The minimum Gasteiger partial charge on any atom is -0.481 e. The third-order valence-electron chi connectivity index (χ3n) is 3.28. The van der Waals surface area contributed by atoms with Gasteiger partial charge in [-0.15, -0.1) is 0 Å². The molecule has 1 saturated heterocycles. The summed E-state index contributed by atoms with van der Waals surface area (Å²) in [6, 6.07) is 0. The fraction of sp³-hybridized carbons (Fsp3) is 0.900. The van der Waals surface area contributed by atoms with Gasteiger partial charge in [0.2, 0.25) is 0 Å². The lowest BCUT2D eigenvalue weighted by atomic mass is 9.84. The predicted molar refractivity (Wildman–Crippen MR) is 61.1 cm³/mol. The van der Waals surface area contributed by atoms with E-state index in [1.807, 2.05) is 0 Å². The van der Waals surface area contributed by atoms with Crippen LogP contribution in [0.25, 0.3) is 0 Å². The molecule has 1 aliphatic rings. The van der Waals surface area contributed by atoms with Gasteiger partial charge in [0.1, 0.15) is 0 Å². The molecule has 0 saturated carbocycles. The molecule has 16 heavy (non-hydrogen) atoms. The Kier molecular flexibility index (Phi) is 3.96. The van der Waals surface area contributed by atoms with Gasteiger partial charge >= 0.3 is 5.97 Å². The minimum atomic E-state index is -3.15. The summed E-state index contributed by atoms with van der Waals surface area (Å²) in [5.41, 5.74) is -0.887. The Morgan fingerprint density at radius 1 is 1.50 bits per heavy atom. The zero-order chi connectivity index (χ0) is 12.4. The Morgan fingerprint density at radius 2 is 2.12 bits per heavy atom. The average Bonchev–Trinajstić information content (AvgIpc) is 2.64. The molecule has 1 rings (SSSR count). The number of nitrogens with one attached hydrogen (secondary N) is 1. The van der Waals surface area contributed by atoms with Gasteiger partial charge in [0, 0.05) is 6.54 Å². The highest BCUT2D eigenvalue weighted by atomic mass is 32.2. The van der Waals surface area contributed by atoms with Crippen LogP contribution in [0.1, 0.15) is 26.7 Å². The second-order valence-corrected chi connectivity index (χ2v) is 7.35. The summed E-state index contributed by atoms with van der Waals surface area (Å²) in [7, 11) is -3.15. The molecule has 2 N–H and O–H groups in total. The molecule has 0 spiro atoms.